The molecule has 0 radical (unpaired) electrons. The van der Waals surface area contributed by atoms with Crippen LogP contribution >= 0.6 is 11.8 Å². The summed E-state index contributed by atoms with van der Waals surface area (Å²) >= 11 is 1.65. The van der Waals surface area contributed by atoms with E-state index in [0.717, 1.165) is 22.6 Å². The summed E-state index contributed by atoms with van der Waals surface area (Å²) in [4.78, 5) is 23.1. The van der Waals surface area contributed by atoms with Crippen LogP contribution in [0.4, 0.5) is 9.18 Å². The molecule has 1 unspecified atom stereocenters. The van der Waals surface area contributed by atoms with E-state index >= 15 is 0 Å². The molecule has 21 heavy (non-hydrogen) atoms. The van der Waals surface area contributed by atoms with E-state index in [9.17, 15) is 14.0 Å². The number of halogens is 1. The number of carbonyl (C=O) groups excluding carboxylic acids is 1. The third-order valence-corrected chi connectivity index (χ3v) is 4.29. The minimum absolute atomic E-state index is 0.0222. The molecule has 2 amide bonds. The average Bonchev–Trinajstić information content (AvgIpc) is 2.44. The number of carboxylic acid groups (broad SMARTS) is 1. The zero-order chi connectivity index (χ0) is 15.2. The van der Waals surface area contributed by atoms with Gasteiger partial charge in [-0.05, 0) is 36.6 Å². The number of hydrogen-bond donors (Lipinski definition) is 3. The highest BCUT2D eigenvalue weighted by Gasteiger charge is 2.22. The van der Waals surface area contributed by atoms with Crippen LogP contribution in [0.1, 0.15) is 30.9 Å². The summed E-state index contributed by atoms with van der Waals surface area (Å²) < 4.78 is 13.3. The Kier molecular flexibility index (Phi) is 5.44. The van der Waals surface area contributed by atoms with Gasteiger partial charge < -0.3 is 15.7 Å². The molecule has 0 spiro atoms. The van der Waals surface area contributed by atoms with Crippen LogP contribution in [0, 0.1) is 5.82 Å². The van der Waals surface area contributed by atoms with Crippen molar-refractivity contribution in [3.8, 4) is 0 Å². The standard InChI is InChI=1S/C14H17FN2O3S/c15-9-3-4-12-10(8-9)11(5-7-21-12)17-14(20)16-6-1-2-13(18)19/h3-4,8,11H,1-2,5-7H2,(H,18,19)(H2,16,17,20). The summed E-state index contributed by atoms with van der Waals surface area (Å²) in [6, 6.07) is 4.04. The minimum Gasteiger partial charge on any atom is -0.481 e. The predicted molar refractivity (Wildman–Crippen MR) is 77.9 cm³/mol. The van der Waals surface area contributed by atoms with Crippen LogP contribution in [0.25, 0.3) is 0 Å². The first kappa shape index (κ1) is 15.6. The SMILES string of the molecule is O=C(O)CCCNC(=O)NC1CCSc2ccc(F)cc21. The zero-order valence-electron chi connectivity index (χ0n) is 11.4. The van der Waals surface area contributed by atoms with Gasteiger partial charge in [0.05, 0.1) is 6.04 Å². The number of carboxylic acids is 1. The molecule has 0 bridgehead atoms. The van der Waals surface area contributed by atoms with E-state index in [1.165, 1.54) is 12.1 Å². The van der Waals surface area contributed by atoms with E-state index in [-0.39, 0.29) is 24.3 Å². The Balaban J connectivity index is 1.88. The molecule has 1 aromatic rings. The maximum Gasteiger partial charge on any atom is 0.315 e. The van der Waals surface area contributed by atoms with Gasteiger partial charge in [0, 0.05) is 23.6 Å². The van der Waals surface area contributed by atoms with Gasteiger partial charge in [0.25, 0.3) is 0 Å². The number of aliphatic carboxylic acids is 1. The average molecular weight is 312 g/mol. The van der Waals surface area contributed by atoms with Gasteiger partial charge in [0.2, 0.25) is 0 Å². The van der Waals surface area contributed by atoms with Gasteiger partial charge in [-0.25, -0.2) is 9.18 Å². The van der Waals surface area contributed by atoms with Crippen molar-refractivity contribution in [3.05, 3.63) is 29.6 Å². The van der Waals surface area contributed by atoms with Crippen LogP contribution in [-0.4, -0.2) is 29.4 Å². The summed E-state index contributed by atoms with van der Waals surface area (Å²) in [6.45, 7) is 0.301. The second kappa shape index (κ2) is 7.31. The first-order chi connectivity index (χ1) is 10.1. The molecule has 1 aliphatic rings. The monoisotopic (exact) mass is 312 g/mol. The fourth-order valence-electron chi connectivity index (χ4n) is 2.17. The molecule has 2 rings (SSSR count). The van der Waals surface area contributed by atoms with Crippen molar-refractivity contribution in [2.75, 3.05) is 12.3 Å². The van der Waals surface area contributed by atoms with Gasteiger partial charge in [-0.2, -0.15) is 0 Å². The van der Waals surface area contributed by atoms with Crippen molar-refractivity contribution in [1.29, 1.82) is 0 Å². The lowest BCUT2D eigenvalue weighted by atomic mass is 10.0. The second-order valence-corrected chi connectivity index (χ2v) is 5.91. The number of amides is 2. The summed E-state index contributed by atoms with van der Waals surface area (Å²) in [7, 11) is 0. The Bertz CT molecular complexity index is 539. The maximum atomic E-state index is 13.3. The lowest BCUT2D eigenvalue weighted by molar-refractivity contribution is -0.137. The van der Waals surface area contributed by atoms with Crippen LogP contribution in [-0.2, 0) is 4.79 Å². The lowest BCUT2D eigenvalue weighted by Crippen LogP contribution is -2.39. The number of rotatable bonds is 5. The molecule has 1 aliphatic heterocycles. The fourth-order valence-corrected chi connectivity index (χ4v) is 3.27. The van der Waals surface area contributed by atoms with Crippen molar-refractivity contribution in [2.24, 2.45) is 0 Å². The minimum atomic E-state index is -0.883. The Labute approximate surface area is 126 Å². The maximum absolute atomic E-state index is 13.3. The zero-order valence-corrected chi connectivity index (χ0v) is 12.2. The summed E-state index contributed by atoms with van der Waals surface area (Å²) in [5.74, 6) is -0.335. The number of hydrogen-bond acceptors (Lipinski definition) is 3. The third kappa shape index (κ3) is 4.63. The van der Waals surface area contributed by atoms with Gasteiger partial charge in [-0.1, -0.05) is 0 Å². The number of nitrogens with one attached hydrogen (secondary N) is 2. The second-order valence-electron chi connectivity index (χ2n) is 4.77. The lowest BCUT2D eigenvalue weighted by Gasteiger charge is -2.26. The number of thioether (sulfide) groups is 1. The van der Waals surface area contributed by atoms with Gasteiger partial charge in [-0.15, -0.1) is 11.8 Å². The van der Waals surface area contributed by atoms with Crippen LogP contribution in [0.5, 0.6) is 0 Å². The van der Waals surface area contributed by atoms with Crippen LogP contribution in [0.3, 0.4) is 0 Å². The van der Waals surface area contributed by atoms with Gasteiger partial charge in [-0.3, -0.25) is 4.79 Å². The Morgan fingerprint density at radius 2 is 2.24 bits per heavy atom. The number of fused-ring (bicyclic) bond motifs is 1. The van der Waals surface area contributed by atoms with Crippen LogP contribution in [0.2, 0.25) is 0 Å². The van der Waals surface area contributed by atoms with Gasteiger partial charge in [0.15, 0.2) is 0 Å². The van der Waals surface area contributed by atoms with Gasteiger partial charge in [0.1, 0.15) is 5.82 Å². The van der Waals surface area contributed by atoms with E-state index < -0.39 is 5.97 Å². The molecule has 0 saturated carbocycles. The number of benzene rings is 1. The largest absolute Gasteiger partial charge is 0.481 e. The topological polar surface area (TPSA) is 78.4 Å². The predicted octanol–water partition coefficient (Wildman–Crippen LogP) is 2.53. The Morgan fingerprint density at radius 3 is 3.00 bits per heavy atom. The molecular weight excluding hydrogens is 295 g/mol. The van der Waals surface area contributed by atoms with Crippen molar-refractivity contribution in [1.82, 2.24) is 10.6 Å². The van der Waals surface area contributed by atoms with Crippen molar-refractivity contribution in [2.45, 2.75) is 30.2 Å². The third-order valence-electron chi connectivity index (χ3n) is 3.17. The van der Waals surface area contributed by atoms with Crippen molar-refractivity contribution in [3.63, 3.8) is 0 Å². The summed E-state index contributed by atoms with van der Waals surface area (Å²) in [5.41, 5.74) is 0.798. The Morgan fingerprint density at radius 1 is 1.43 bits per heavy atom. The molecule has 1 aromatic carbocycles. The van der Waals surface area contributed by atoms with Crippen molar-refractivity contribution < 1.29 is 19.1 Å². The summed E-state index contributed by atoms with van der Waals surface area (Å²) in [6.07, 6.45) is 1.15. The van der Waals surface area contributed by atoms with E-state index in [1.807, 2.05) is 0 Å². The highest BCUT2D eigenvalue weighted by molar-refractivity contribution is 7.99. The fraction of sp³-hybridized carbons (Fsp3) is 0.429. The van der Waals surface area contributed by atoms with Crippen LogP contribution in [0.15, 0.2) is 23.1 Å². The first-order valence-electron chi connectivity index (χ1n) is 6.74. The molecule has 0 aromatic heterocycles. The normalized spacial score (nSPS) is 16.9. The first-order valence-corrected chi connectivity index (χ1v) is 7.73. The molecule has 0 saturated heterocycles. The molecular formula is C14H17FN2O3S. The molecule has 1 heterocycles. The van der Waals surface area contributed by atoms with Crippen LogP contribution < -0.4 is 10.6 Å². The number of carbonyl (C=O) groups is 2. The molecule has 0 aliphatic carbocycles. The van der Waals surface area contributed by atoms with E-state index in [0.29, 0.717) is 13.0 Å². The van der Waals surface area contributed by atoms with E-state index in [2.05, 4.69) is 10.6 Å². The molecule has 114 valence electrons. The molecule has 0 fully saturated rings. The summed E-state index contributed by atoms with van der Waals surface area (Å²) in [5, 5.41) is 13.9. The number of urea groups is 1. The highest BCUT2D eigenvalue weighted by Crippen LogP contribution is 2.36. The Hall–Kier alpha value is -1.76. The molecule has 3 N–H and O–H groups in total. The molecule has 1 atom stereocenters. The van der Waals surface area contributed by atoms with Crippen molar-refractivity contribution >= 4 is 23.8 Å². The molecule has 7 heteroatoms. The highest BCUT2D eigenvalue weighted by atomic mass is 32.2. The van der Waals surface area contributed by atoms with E-state index in [1.54, 1.807) is 17.8 Å². The molecule has 5 nitrogen and oxygen atoms in total. The quantitative estimate of drug-likeness (QED) is 0.730. The smallest absolute Gasteiger partial charge is 0.315 e. The van der Waals surface area contributed by atoms with Gasteiger partial charge >= 0.3 is 12.0 Å². The van der Waals surface area contributed by atoms with E-state index in [4.69, 9.17) is 5.11 Å².